The van der Waals surface area contributed by atoms with Gasteiger partial charge in [0.1, 0.15) is 6.04 Å². The van der Waals surface area contributed by atoms with E-state index in [0.29, 0.717) is 38.6 Å². The smallest absolute Gasteiger partial charge is 0.246 e. The third kappa shape index (κ3) is 3.66. The Morgan fingerprint density at radius 1 is 1.27 bits per heavy atom. The van der Waals surface area contributed by atoms with Crippen molar-refractivity contribution in [2.45, 2.75) is 38.1 Å². The van der Waals surface area contributed by atoms with Crippen LogP contribution in [0, 0.1) is 0 Å². The molecule has 0 radical (unpaired) electrons. The average Bonchev–Trinajstić information content (AvgIpc) is 3.05. The standard InChI is InChI=1S/C16H24N2O3S/c19-15(10-13-4-2-1-3-5-13)18-12-22-11-14(18)16(20)17-6-8-21-9-7-17/h4,14H,1-3,5-12H2/t14-/m1/s1. The first-order chi connectivity index (χ1) is 10.8. The summed E-state index contributed by atoms with van der Waals surface area (Å²) in [4.78, 5) is 28.9. The van der Waals surface area contributed by atoms with Crippen molar-refractivity contribution >= 4 is 23.6 Å². The van der Waals surface area contributed by atoms with Crippen molar-refractivity contribution < 1.29 is 14.3 Å². The van der Waals surface area contributed by atoms with Crippen molar-refractivity contribution in [1.29, 1.82) is 0 Å². The van der Waals surface area contributed by atoms with E-state index in [2.05, 4.69) is 6.08 Å². The Hall–Kier alpha value is -1.01. The Morgan fingerprint density at radius 3 is 2.82 bits per heavy atom. The number of morpholine rings is 1. The lowest BCUT2D eigenvalue weighted by molar-refractivity contribution is -0.145. The van der Waals surface area contributed by atoms with Crippen molar-refractivity contribution in [2.24, 2.45) is 0 Å². The lowest BCUT2D eigenvalue weighted by atomic mass is 9.96. The number of ether oxygens (including phenoxy) is 1. The molecular formula is C16H24N2O3S. The van der Waals surface area contributed by atoms with Crippen molar-refractivity contribution in [3.05, 3.63) is 11.6 Å². The second kappa shape index (κ2) is 7.51. The molecule has 5 nitrogen and oxygen atoms in total. The molecule has 2 fully saturated rings. The number of allylic oxidation sites excluding steroid dienone is 1. The highest BCUT2D eigenvalue weighted by molar-refractivity contribution is 7.99. The van der Waals surface area contributed by atoms with Gasteiger partial charge in [-0.1, -0.05) is 11.6 Å². The molecule has 0 saturated carbocycles. The van der Waals surface area contributed by atoms with Crippen LogP contribution in [0.2, 0.25) is 0 Å². The van der Waals surface area contributed by atoms with Gasteiger partial charge in [-0.05, 0) is 25.7 Å². The van der Waals surface area contributed by atoms with Crippen LogP contribution in [0.4, 0.5) is 0 Å². The maximum absolute atomic E-state index is 12.7. The van der Waals surface area contributed by atoms with Gasteiger partial charge in [0.2, 0.25) is 11.8 Å². The lowest BCUT2D eigenvalue weighted by Crippen LogP contribution is -2.52. The highest BCUT2D eigenvalue weighted by atomic mass is 32.2. The zero-order valence-corrected chi connectivity index (χ0v) is 13.8. The molecule has 2 saturated heterocycles. The molecule has 0 unspecified atom stereocenters. The first-order valence-electron chi connectivity index (χ1n) is 8.17. The van der Waals surface area contributed by atoms with Gasteiger partial charge in [0.05, 0.1) is 19.1 Å². The fraction of sp³-hybridized carbons (Fsp3) is 0.750. The van der Waals surface area contributed by atoms with E-state index in [1.165, 1.54) is 18.4 Å². The van der Waals surface area contributed by atoms with Gasteiger partial charge >= 0.3 is 0 Å². The van der Waals surface area contributed by atoms with Gasteiger partial charge in [0.15, 0.2) is 0 Å². The van der Waals surface area contributed by atoms with E-state index in [1.54, 1.807) is 16.7 Å². The first kappa shape index (κ1) is 15.9. The van der Waals surface area contributed by atoms with Crippen molar-refractivity contribution in [2.75, 3.05) is 37.9 Å². The molecular weight excluding hydrogens is 300 g/mol. The van der Waals surface area contributed by atoms with E-state index in [4.69, 9.17) is 4.74 Å². The second-order valence-electron chi connectivity index (χ2n) is 6.10. The van der Waals surface area contributed by atoms with E-state index in [-0.39, 0.29) is 17.9 Å². The highest BCUT2D eigenvalue weighted by Crippen LogP contribution is 2.27. The Morgan fingerprint density at radius 2 is 2.09 bits per heavy atom. The minimum Gasteiger partial charge on any atom is -0.378 e. The summed E-state index contributed by atoms with van der Waals surface area (Å²) in [5, 5.41) is 0. The zero-order chi connectivity index (χ0) is 15.4. The molecule has 2 amide bonds. The molecule has 122 valence electrons. The molecule has 0 bridgehead atoms. The summed E-state index contributed by atoms with van der Waals surface area (Å²) < 4.78 is 5.30. The molecule has 1 aliphatic carbocycles. The highest BCUT2D eigenvalue weighted by Gasteiger charge is 2.37. The number of thioether (sulfide) groups is 1. The minimum absolute atomic E-state index is 0.0965. The minimum atomic E-state index is -0.278. The van der Waals surface area contributed by atoms with Crippen LogP contribution in [0.15, 0.2) is 11.6 Å². The maximum Gasteiger partial charge on any atom is 0.246 e. The number of hydrogen-bond acceptors (Lipinski definition) is 4. The van der Waals surface area contributed by atoms with Crippen LogP contribution in [0.25, 0.3) is 0 Å². The summed E-state index contributed by atoms with van der Waals surface area (Å²) in [6.07, 6.45) is 7.25. The average molecular weight is 324 g/mol. The maximum atomic E-state index is 12.7. The van der Waals surface area contributed by atoms with Crippen molar-refractivity contribution in [3.63, 3.8) is 0 Å². The first-order valence-corrected chi connectivity index (χ1v) is 9.33. The molecule has 3 rings (SSSR count). The fourth-order valence-electron chi connectivity index (χ4n) is 3.25. The van der Waals surface area contributed by atoms with E-state index in [9.17, 15) is 9.59 Å². The number of hydrogen-bond donors (Lipinski definition) is 0. The molecule has 0 spiro atoms. The largest absolute Gasteiger partial charge is 0.378 e. The van der Waals surface area contributed by atoms with E-state index >= 15 is 0 Å². The van der Waals surface area contributed by atoms with Crippen LogP contribution in [-0.2, 0) is 14.3 Å². The number of nitrogens with zero attached hydrogens (tertiary/aromatic N) is 2. The van der Waals surface area contributed by atoms with Gasteiger partial charge in [0, 0.05) is 25.3 Å². The van der Waals surface area contributed by atoms with Gasteiger partial charge in [-0.15, -0.1) is 11.8 Å². The Kier molecular flexibility index (Phi) is 5.41. The summed E-state index contributed by atoms with van der Waals surface area (Å²) in [7, 11) is 0. The molecule has 0 N–H and O–H groups in total. The SMILES string of the molecule is O=C([C@H]1CSCN1C(=O)CC1=CCCCC1)N1CCOCC1. The molecule has 2 aliphatic heterocycles. The third-order valence-corrected chi connectivity index (χ3v) is 5.59. The van der Waals surface area contributed by atoms with E-state index < -0.39 is 0 Å². The van der Waals surface area contributed by atoms with Gasteiger partial charge in [-0.3, -0.25) is 9.59 Å². The van der Waals surface area contributed by atoms with Crippen molar-refractivity contribution in [1.82, 2.24) is 9.80 Å². The molecule has 0 aromatic heterocycles. The quantitative estimate of drug-likeness (QED) is 0.741. The fourth-order valence-corrected chi connectivity index (χ4v) is 4.42. The summed E-state index contributed by atoms with van der Waals surface area (Å²) in [6.45, 7) is 2.50. The Balaban J connectivity index is 1.60. The molecule has 2 heterocycles. The van der Waals surface area contributed by atoms with Crippen LogP contribution in [-0.4, -0.2) is 65.6 Å². The predicted octanol–water partition coefficient (Wildman–Crippen LogP) is 1.64. The van der Waals surface area contributed by atoms with E-state index in [1.807, 2.05) is 4.90 Å². The topological polar surface area (TPSA) is 49.9 Å². The van der Waals surface area contributed by atoms with Crippen LogP contribution in [0.5, 0.6) is 0 Å². The van der Waals surface area contributed by atoms with Crippen LogP contribution in [0.1, 0.15) is 32.1 Å². The van der Waals surface area contributed by atoms with Crippen LogP contribution >= 0.6 is 11.8 Å². The van der Waals surface area contributed by atoms with Gasteiger partial charge in [-0.2, -0.15) is 0 Å². The molecule has 3 aliphatic rings. The van der Waals surface area contributed by atoms with Crippen LogP contribution < -0.4 is 0 Å². The number of carbonyl (C=O) groups is 2. The van der Waals surface area contributed by atoms with Crippen molar-refractivity contribution in [3.8, 4) is 0 Å². The summed E-state index contributed by atoms with van der Waals surface area (Å²) in [5.41, 5.74) is 1.26. The third-order valence-electron chi connectivity index (χ3n) is 4.57. The normalized spacial score (nSPS) is 26.0. The number of carbonyl (C=O) groups excluding carboxylic acids is 2. The molecule has 22 heavy (non-hydrogen) atoms. The number of amides is 2. The van der Waals surface area contributed by atoms with Gasteiger partial charge < -0.3 is 14.5 Å². The van der Waals surface area contributed by atoms with Gasteiger partial charge in [0.25, 0.3) is 0 Å². The Labute approximate surface area is 136 Å². The van der Waals surface area contributed by atoms with E-state index in [0.717, 1.165) is 18.6 Å². The molecule has 0 aromatic carbocycles. The monoisotopic (exact) mass is 324 g/mol. The molecule has 6 heteroatoms. The predicted molar refractivity (Wildman–Crippen MR) is 86.5 cm³/mol. The summed E-state index contributed by atoms with van der Waals surface area (Å²) in [5.74, 6) is 1.58. The second-order valence-corrected chi connectivity index (χ2v) is 7.10. The molecule has 1 atom stereocenters. The van der Waals surface area contributed by atoms with Gasteiger partial charge in [-0.25, -0.2) is 0 Å². The molecule has 0 aromatic rings. The lowest BCUT2D eigenvalue weighted by Gasteiger charge is -2.32. The summed E-state index contributed by atoms with van der Waals surface area (Å²) >= 11 is 1.68. The number of rotatable bonds is 3. The zero-order valence-electron chi connectivity index (χ0n) is 13.0. The Bertz CT molecular complexity index is 460. The van der Waals surface area contributed by atoms with Crippen LogP contribution in [0.3, 0.4) is 0 Å². The summed E-state index contributed by atoms with van der Waals surface area (Å²) in [6, 6.07) is -0.278.